The molecular weight excluding hydrogens is 352 g/mol. The molecule has 0 unspecified atom stereocenters. The second-order valence-corrected chi connectivity index (χ2v) is 7.95. The molecule has 2 fully saturated rings. The number of phenols is 1. The Morgan fingerprint density at radius 1 is 0.964 bits per heavy atom. The zero-order valence-corrected chi connectivity index (χ0v) is 16.2. The van der Waals surface area contributed by atoms with Crippen LogP contribution in [0.25, 0.3) is 0 Å². The number of amides is 2. The largest absolute Gasteiger partial charge is 0.507 e. The van der Waals surface area contributed by atoms with Gasteiger partial charge in [0.2, 0.25) is 5.91 Å². The standard InChI is InChI=1S/C23H26N2O3/c1-16-13-19(16)22(27)24-9-11-25(12-10-24)23(28)20-15-18(7-8-21(20)26)14-17-5-3-2-4-6-17/h2-8,15-16,19,26H,9-14H2,1H3/t16-,19-/m1/s1. The Balaban J connectivity index is 1.42. The number of hydrogen-bond acceptors (Lipinski definition) is 3. The average molecular weight is 378 g/mol. The molecule has 2 atom stereocenters. The van der Waals surface area contributed by atoms with Crippen molar-refractivity contribution in [2.24, 2.45) is 11.8 Å². The lowest BCUT2D eigenvalue weighted by atomic mass is 10.0. The summed E-state index contributed by atoms with van der Waals surface area (Å²) in [5.41, 5.74) is 2.49. The summed E-state index contributed by atoms with van der Waals surface area (Å²) in [6.07, 6.45) is 1.70. The van der Waals surface area contributed by atoms with Crippen molar-refractivity contribution in [1.29, 1.82) is 0 Å². The summed E-state index contributed by atoms with van der Waals surface area (Å²) in [4.78, 5) is 29.0. The fourth-order valence-electron chi connectivity index (χ4n) is 3.90. The smallest absolute Gasteiger partial charge is 0.257 e. The first-order valence-electron chi connectivity index (χ1n) is 9.97. The normalized spacial score (nSPS) is 21.5. The molecule has 5 heteroatoms. The van der Waals surface area contributed by atoms with E-state index in [9.17, 15) is 14.7 Å². The molecule has 2 aromatic carbocycles. The summed E-state index contributed by atoms with van der Waals surface area (Å²) in [6.45, 7) is 4.26. The predicted molar refractivity (Wildman–Crippen MR) is 107 cm³/mol. The number of nitrogens with zero attached hydrogens (tertiary/aromatic N) is 2. The molecule has 5 nitrogen and oxygen atoms in total. The van der Waals surface area contributed by atoms with Gasteiger partial charge in [-0.1, -0.05) is 43.3 Å². The number of carbonyl (C=O) groups excluding carboxylic acids is 2. The van der Waals surface area contributed by atoms with E-state index in [1.807, 2.05) is 41.3 Å². The van der Waals surface area contributed by atoms with Crippen molar-refractivity contribution in [2.75, 3.05) is 26.2 Å². The maximum atomic E-state index is 13.0. The van der Waals surface area contributed by atoms with Crippen LogP contribution in [0.2, 0.25) is 0 Å². The molecule has 2 aliphatic rings. The molecule has 1 N–H and O–H groups in total. The fraction of sp³-hybridized carbons (Fsp3) is 0.391. The van der Waals surface area contributed by atoms with E-state index >= 15 is 0 Å². The molecule has 1 aliphatic heterocycles. The number of hydrogen-bond donors (Lipinski definition) is 1. The van der Waals surface area contributed by atoms with Crippen molar-refractivity contribution in [3.8, 4) is 5.75 Å². The van der Waals surface area contributed by atoms with Gasteiger partial charge in [-0.2, -0.15) is 0 Å². The van der Waals surface area contributed by atoms with Crippen LogP contribution in [0, 0.1) is 11.8 Å². The molecule has 0 radical (unpaired) electrons. The van der Waals surface area contributed by atoms with Crippen LogP contribution in [0.15, 0.2) is 48.5 Å². The number of aromatic hydroxyl groups is 1. The van der Waals surface area contributed by atoms with E-state index in [1.165, 1.54) is 0 Å². The minimum absolute atomic E-state index is 0.00660. The minimum Gasteiger partial charge on any atom is -0.507 e. The molecule has 2 aromatic rings. The van der Waals surface area contributed by atoms with Crippen molar-refractivity contribution in [2.45, 2.75) is 19.8 Å². The Morgan fingerprint density at radius 2 is 1.61 bits per heavy atom. The van der Waals surface area contributed by atoms with Crippen molar-refractivity contribution in [3.63, 3.8) is 0 Å². The van der Waals surface area contributed by atoms with Crippen LogP contribution in [0.4, 0.5) is 0 Å². The van der Waals surface area contributed by atoms with Crippen molar-refractivity contribution < 1.29 is 14.7 Å². The first kappa shape index (κ1) is 18.5. The zero-order chi connectivity index (χ0) is 19.7. The minimum atomic E-state index is -0.167. The molecular formula is C23H26N2O3. The topological polar surface area (TPSA) is 60.9 Å². The van der Waals surface area contributed by atoms with Gasteiger partial charge in [-0.25, -0.2) is 0 Å². The third-order valence-corrected chi connectivity index (χ3v) is 5.85. The zero-order valence-electron chi connectivity index (χ0n) is 16.2. The fourth-order valence-corrected chi connectivity index (χ4v) is 3.90. The molecule has 0 aromatic heterocycles. The van der Waals surface area contributed by atoms with Crippen LogP contribution in [0.5, 0.6) is 5.75 Å². The van der Waals surface area contributed by atoms with Gasteiger partial charge in [-0.15, -0.1) is 0 Å². The van der Waals surface area contributed by atoms with E-state index in [2.05, 4.69) is 6.92 Å². The Hall–Kier alpha value is -2.82. The molecule has 1 heterocycles. The first-order valence-corrected chi connectivity index (χ1v) is 9.97. The number of benzene rings is 2. The maximum Gasteiger partial charge on any atom is 0.257 e. The number of carbonyl (C=O) groups is 2. The highest BCUT2D eigenvalue weighted by molar-refractivity contribution is 5.97. The lowest BCUT2D eigenvalue weighted by Gasteiger charge is -2.35. The Kier molecular flexibility index (Phi) is 5.07. The number of phenolic OH excluding ortho intramolecular Hbond substituents is 1. The van der Waals surface area contributed by atoms with Crippen LogP contribution in [0.3, 0.4) is 0 Å². The van der Waals surface area contributed by atoms with Gasteiger partial charge in [0.25, 0.3) is 5.91 Å². The molecule has 0 spiro atoms. The summed E-state index contributed by atoms with van der Waals surface area (Å²) >= 11 is 0. The first-order chi connectivity index (χ1) is 13.5. The highest BCUT2D eigenvalue weighted by atomic mass is 16.3. The van der Waals surface area contributed by atoms with Crippen LogP contribution in [0.1, 0.15) is 34.8 Å². The summed E-state index contributed by atoms with van der Waals surface area (Å²) < 4.78 is 0. The van der Waals surface area contributed by atoms with Crippen LogP contribution in [-0.2, 0) is 11.2 Å². The summed E-state index contributed by atoms with van der Waals surface area (Å²) in [6, 6.07) is 15.3. The van der Waals surface area contributed by atoms with Crippen molar-refractivity contribution in [1.82, 2.24) is 9.80 Å². The van der Waals surface area contributed by atoms with Crippen molar-refractivity contribution in [3.05, 3.63) is 65.2 Å². The highest BCUT2D eigenvalue weighted by Crippen LogP contribution is 2.39. The molecule has 0 bridgehead atoms. The van der Waals surface area contributed by atoms with Gasteiger partial charge in [-0.3, -0.25) is 9.59 Å². The van der Waals surface area contributed by atoms with E-state index in [4.69, 9.17) is 0 Å². The maximum absolute atomic E-state index is 13.0. The molecule has 1 saturated heterocycles. The Bertz CT molecular complexity index is 873. The average Bonchev–Trinajstić information content (AvgIpc) is 3.46. The molecule has 28 heavy (non-hydrogen) atoms. The summed E-state index contributed by atoms with van der Waals surface area (Å²) in [7, 11) is 0. The van der Waals surface area contributed by atoms with E-state index in [0.717, 1.165) is 17.5 Å². The molecule has 4 rings (SSSR count). The van der Waals surface area contributed by atoms with Crippen LogP contribution >= 0.6 is 0 Å². The van der Waals surface area contributed by atoms with E-state index < -0.39 is 0 Å². The SMILES string of the molecule is C[C@@H]1C[C@H]1C(=O)N1CCN(C(=O)c2cc(Cc3ccccc3)ccc2O)CC1. The second-order valence-electron chi connectivity index (χ2n) is 7.95. The quantitative estimate of drug-likeness (QED) is 0.890. The number of rotatable bonds is 4. The predicted octanol–water partition coefficient (Wildman–Crippen LogP) is 2.92. The van der Waals surface area contributed by atoms with Gasteiger partial charge in [-0.05, 0) is 42.0 Å². The van der Waals surface area contributed by atoms with Crippen molar-refractivity contribution >= 4 is 11.8 Å². The Labute approximate surface area is 165 Å². The highest BCUT2D eigenvalue weighted by Gasteiger charge is 2.42. The monoisotopic (exact) mass is 378 g/mol. The molecule has 2 amide bonds. The summed E-state index contributed by atoms with van der Waals surface area (Å²) in [5, 5.41) is 10.2. The molecule has 1 saturated carbocycles. The lowest BCUT2D eigenvalue weighted by Crippen LogP contribution is -2.51. The third kappa shape index (κ3) is 3.88. The lowest BCUT2D eigenvalue weighted by molar-refractivity contribution is -0.134. The summed E-state index contributed by atoms with van der Waals surface area (Å²) in [5.74, 6) is 0.746. The molecule has 146 valence electrons. The second kappa shape index (κ2) is 7.66. The van der Waals surface area contributed by atoms with Gasteiger partial charge in [0.05, 0.1) is 5.56 Å². The van der Waals surface area contributed by atoms with Crippen LogP contribution < -0.4 is 0 Å². The van der Waals surface area contributed by atoms with Gasteiger partial charge in [0, 0.05) is 32.1 Å². The van der Waals surface area contributed by atoms with E-state index in [1.54, 1.807) is 17.0 Å². The third-order valence-electron chi connectivity index (χ3n) is 5.85. The van der Waals surface area contributed by atoms with Gasteiger partial charge in [0.15, 0.2) is 0 Å². The Morgan fingerprint density at radius 3 is 2.25 bits per heavy atom. The van der Waals surface area contributed by atoms with Gasteiger partial charge < -0.3 is 14.9 Å². The number of piperazine rings is 1. The van der Waals surface area contributed by atoms with E-state index in [0.29, 0.717) is 44.1 Å². The van der Waals surface area contributed by atoms with E-state index in [-0.39, 0.29) is 23.5 Å². The van der Waals surface area contributed by atoms with Gasteiger partial charge >= 0.3 is 0 Å². The van der Waals surface area contributed by atoms with Crippen LogP contribution in [-0.4, -0.2) is 52.9 Å². The molecule has 1 aliphatic carbocycles. The van der Waals surface area contributed by atoms with Gasteiger partial charge in [0.1, 0.15) is 5.75 Å².